The Bertz CT molecular complexity index is 764. The number of hydrogen-bond donors (Lipinski definition) is 1. The second kappa shape index (κ2) is 7.56. The molecule has 1 saturated heterocycles. The molecule has 2 fully saturated rings. The van der Waals surface area contributed by atoms with Gasteiger partial charge in [0.05, 0.1) is 7.11 Å². The van der Waals surface area contributed by atoms with Crippen LogP contribution in [0.15, 0.2) is 23.1 Å². The van der Waals surface area contributed by atoms with Crippen molar-refractivity contribution in [2.45, 2.75) is 56.8 Å². The van der Waals surface area contributed by atoms with E-state index in [4.69, 9.17) is 4.74 Å². The van der Waals surface area contributed by atoms with E-state index < -0.39 is 10.0 Å². The van der Waals surface area contributed by atoms with E-state index in [1.54, 1.807) is 12.1 Å². The second-order valence-electron chi connectivity index (χ2n) is 7.55. The fraction of sp³-hybridized carbons (Fsp3) is 0.632. The Morgan fingerprint density at radius 1 is 1.12 bits per heavy atom. The molecule has 0 spiro atoms. The first-order valence-electron chi connectivity index (χ1n) is 9.36. The van der Waals surface area contributed by atoms with Crippen molar-refractivity contribution in [2.75, 3.05) is 25.5 Å². The van der Waals surface area contributed by atoms with Crippen molar-refractivity contribution in [1.29, 1.82) is 0 Å². The summed E-state index contributed by atoms with van der Waals surface area (Å²) in [5.41, 5.74) is 0.130. The summed E-state index contributed by atoms with van der Waals surface area (Å²) in [7, 11) is -2.18. The van der Waals surface area contributed by atoms with Gasteiger partial charge in [0.25, 0.3) is 0 Å². The van der Waals surface area contributed by atoms with Gasteiger partial charge in [0, 0.05) is 24.2 Å². The number of benzene rings is 1. The van der Waals surface area contributed by atoms with Gasteiger partial charge >= 0.3 is 0 Å². The average molecular weight is 381 g/mol. The maximum Gasteiger partial charge on any atom is 0.246 e. The standard InChI is InChI=1S/C19H28N2O4S/c1-19(10-4-5-11-19)18(22)20-15-8-9-16(25-2)17(14-15)26(23,24)21-12-6-3-7-13-21/h8-9,14H,3-7,10-13H2,1-2H3,(H,20,22). The highest BCUT2D eigenvalue weighted by atomic mass is 32.2. The lowest BCUT2D eigenvalue weighted by molar-refractivity contribution is -0.124. The molecule has 1 heterocycles. The minimum Gasteiger partial charge on any atom is -0.495 e. The largest absolute Gasteiger partial charge is 0.495 e. The third kappa shape index (κ3) is 3.74. The molecule has 1 aromatic carbocycles. The predicted octanol–water partition coefficient (Wildman–Crippen LogP) is 3.39. The third-order valence-electron chi connectivity index (χ3n) is 5.61. The normalized spacial score (nSPS) is 20.7. The Morgan fingerprint density at radius 3 is 2.38 bits per heavy atom. The molecule has 0 aromatic heterocycles. The van der Waals surface area contributed by atoms with E-state index in [2.05, 4.69) is 5.32 Å². The summed E-state index contributed by atoms with van der Waals surface area (Å²) in [6.07, 6.45) is 6.65. The van der Waals surface area contributed by atoms with Gasteiger partial charge in [-0.05, 0) is 43.9 Å². The molecule has 0 atom stereocenters. The molecule has 1 amide bonds. The Labute approximate surface area is 156 Å². The SMILES string of the molecule is COc1ccc(NC(=O)C2(C)CCCC2)cc1S(=O)(=O)N1CCCCC1. The van der Waals surface area contributed by atoms with E-state index in [1.807, 2.05) is 6.92 Å². The van der Waals surface area contributed by atoms with Crippen molar-refractivity contribution in [3.05, 3.63) is 18.2 Å². The molecule has 0 radical (unpaired) electrons. The molecule has 1 N–H and O–H groups in total. The van der Waals surface area contributed by atoms with E-state index >= 15 is 0 Å². The molecule has 2 aliphatic rings. The molecule has 144 valence electrons. The Morgan fingerprint density at radius 2 is 1.77 bits per heavy atom. The summed E-state index contributed by atoms with van der Waals surface area (Å²) in [4.78, 5) is 12.8. The molecular formula is C19H28N2O4S. The number of piperidine rings is 1. The van der Waals surface area contributed by atoms with Crippen molar-refractivity contribution >= 4 is 21.6 Å². The van der Waals surface area contributed by atoms with E-state index in [1.165, 1.54) is 17.5 Å². The number of nitrogens with zero attached hydrogens (tertiary/aromatic N) is 1. The first-order chi connectivity index (χ1) is 12.4. The number of nitrogens with one attached hydrogen (secondary N) is 1. The summed E-state index contributed by atoms with van der Waals surface area (Å²) in [6.45, 7) is 3.03. The summed E-state index contributed by atoms with van der Waals surface area (Å²) in [5.74, 6) is 0.266. The fourth-order valence-corrected chi connectivity index (χ4v) is 5.56. The summed E-state index contributed by atoms with van der Waals surface area (Å²) < 4.78 is 32.9. The number of rotatable bonds is 5. The third-order valence-corrected chi connectivity index (χ3v) is 7.53. The molecule has 1 saturated carbocycles. The van der Waals surface area contributed by atoms with Gasteiger partial charge < -0.3 is 10.1 Å². The maximum atomic E-state index is 13.1. The highest BCUT2D eigenvalue weighted by molar-refractivity contribution is 7.89. The average Bonchev–Trinajstić information content (AvgIpc) is 3.10. The zero-order valence-electron chi connectivity index (χ0n) is 15.6. The summed E-state index contributed by atoms with van der Waals surface area (Å²) in [5, 5.41) is 2.91. The highest BCUT2D eigenvalue weighted by Gasteiger charge is 2.36. The van der Waals surface area contributed by atoms with Crippen molar-refractivity contribution in [1.82, 2.24) is 4.31 Å². The lowest BCUT2D eigenvalue weighted by atomic mass is 9.88. The number of carbonyl (C=O) groups is 1. The van der Waals surface area contributed by atoms with Gasteiger partial charge in [0.1, 0.15) is 10.6 Å². The Kier molecular flexibility index (Phi) is 5.58. The monoisotopic (exact) mass is 380 g/mol. The Balaban J connectivity index is 1.88. The first kappa shape index (κ1) is 19.2. The molecule has 26 heavy (non-hydrogen) atoms. The minimum atomic E-state index is -3.64. The first-order valence-corrected chi connectivity index (χ1v) is 10.8. The van der Waals surface area contributed by atoms with E-state index in [9.17, 15) is 13.2 Å². The molecule has 1 aliphatic heterocycles. The topological polar surface area (TPSA) is 75.7 Å². The zero-order valence-corrected chi connectivity index (χ0v) is 16.4. The van der Waals surface area contributed by atoms with Crippen LogP contribution in [0, 0.1) is 5.41 Å². The predicted molar refractivity (Wildman–Crippen MR) is 101 cm³/mol. The minimum absolute atomic E-state index is 0.0403. The van der Waals surface area contributed by atoms with Crippen LogP contribution in [0.3, 0.4) is 0 Å². The van der Waals surface area contributed by atoms with Crippen LogP contribution in [0.1, 0.15) is 51.9 Å². The summed E-state index contributed by atoms with van der Waals surface area (Å²) in [6, 6.07) is 4.84. The number of ether oxygens (including phenoxy) is 1. The van der Waals surface area contributed by atoms with Gasteiger partial charge in [0.15, 0.2) is 0 Å². The number of sulfonamides is 1. The number of hydrogen-bond acceptors (Lipinski definition) is 4. The van der Waals surface area contributed by atoms with E-state index in [-0.39, 0.29) is 16.2 Å². The van der Waals surface area contributed by atoms with Crippen molar-refractivity contribution in [2.24, 2.45) is 5.41 Å². The van der Waals surface area contributed by atoms with Crippen LogP contribution in [-0.4, -0.2) is 38.8 Å². The van der Waals surface area contributed by atoms with Crippen LogP contribution >= 0.6 is 0 Å². The van der Waals surface area contributed by atoms with Crippen molar-refractivity contribution in [3.63, 3.8) is 0 Å². The molecule has 1 aliphatic carbocycles. The van der Waals surface area contributed by atoms with Gasteiger partial charge in [-0.25, -0.2) is 8.42 Å². The maximum absolute atomic E-state index is 13.1. The van der Waals surface area contributed by atoms with Gasteiger partial charge in [-0.1, -0.05) is 26.2 Å². The van der Waals surface area contributed by atoms with Crippen LogP contribution in [0.25, 0.3) is 0 Å². The van der Waals surface area contributed by atoms with Crippen molar-refractivity contribution < 1.29 is 17.9 Å². The second-order valence-corrected chi connectivity index (χ2v) is 9.46. The fourth-order valence-electron chi connectivity index (χ4n) is 3.86. The molecule has 7 heteroatoms. The number of carbonyl (C=O) groups excluding carboxylic acids is 1. The molecule has 0 bridgehead atoms. The lowest BCUT2D eigenvalue weighted by Crippen LogP contribution is -2.36. The molecule has 1 aromatic rings. The number of anilines is 1. The van der Waals surface area contributed by atoms with Gasteiger partial charge in [-0.15, -0.1) is 0 Å². The van der Waals surface area contributed by atoms with Crippen LogP contribution in [0.4, 0.5) is 5.69 Å². The van der Waals surface area contributed by atoms with Gasteiger partial charge in [-0.2, -0.15) is 4.31 Å². The van der Waals surface area contributed by atoms with Crippen LogP contribution in [0.5, 0.6) is 5.75 Å². The molecule has 0 unspecified atom stereocenters. The zero-order chi connectivity index (χ0) is 18.8. The van der Waals surface area contributed by atoms with Crippen LogP contribution in [0.2, 0.25) is 0 Å². The molecular weight excluding hydrogens is 352 g/mol. The van der Waals surface area contributed by atoms with E-state index in [0.717, 1.165) is 44.9 Å². The molecule has 6 nitrogen and oxygen atoms in total. The Hall–Kier alpha value is -1.60. The van der Waals surface area contributed by atoms with Gasteiger partial charge in [0.2, 0.25) is 15.9 Å². The van der Waals surface area contributed by atoms with Crippen LogP contribution < -0.4 is 10.1 Å². The number of methoxy groups -OCH3 is 1. The highest BCUT2D eigenvalue weighted by Crippen LogP contribution is 2.39. The lowest BCUT2D eigenvalue weighted by Gasteiger charge is -2.27. The van der Waals surface area contributed by atoms with E-state index in [0.29, 0.717) is 24.5 Å². The number of amides is 1. The quantitative estimate of drug-likeness (QED) is 0.849. The summed E-state index contributed by atoms with van der Waals surface area (Å²) >= 11 is 0. The smallest absolute Gasteiger partial charge is 0.246 e. The van der Waals surface area contributed by atoms with Crippen molar-refractivity contribution in [3.8, 4) is 5.75 Å². The van der Waals surface area contributed by atoms with Gasteiger partial charge in [-0.3, -0.25) is 4.79 Å². The molecule has 3 rings (SSSR count). The van der Waals surface area contributed by atoms with Crippen LogP contribution in [-0.2, 0) is 14.8 Å².